The smallest absolute Gasteiger partial charge is 0.358 e. The number of amides is 5. The van der Waals surface area contributed by atoms with Gasteiger partial charge in [-0.3, -0.25) is 28.8 Å². The summed E-state index contributed by atoms with van der Waals surface area (Å²) < 4.78 is 21.0. The van der Waals surface area contributed by atoms with E-state index in [4.69, 9.17) is 24.1 Å². The van der Waals surface area contributed by atoms with Gasteiger partial charge < -0.3 is 49.9 Å². The summed E-state index contributed by atoms with van der Waals surface area (Å²) >= 11 is 0. The molecule has 0 saturated carbocycles. The Morgan fingerprint density at radius 1 is 0.517 bits per heavy atom. The van der Waals surface area contributed by atoms with E-state index in [1.807, 2.05) is 0 Å². The van der Waals surface area contributed by atoms with E-state index in [9.17, 15) is 43.5 Å². The standard InChI is InChI=1S/C41H70N4O15/c46-34(42-23-25-56-27-29-58-31-36(48)43-24-26-57-28-30-59-32-40(53)60-45-37(49)21-22-38(45)50)20-19-33(41(54)55)44-35(47)17-15-13-11-9-7-5-3-1-2-4-6-8-10-12-14-16-18-39(51)52/h33H,1-32H2,(H,42,46)(H,43,48)(H,44,47)(H,51,52)(H,54,55)/t33-/m0/s1. The number of unbranched alkanes of at least 4 members (excludes halogenated alkanes) is 15. The number of carboxylic acids is 2. The first kappa shape index (κ1) is 53.8. The predicted octanol–water partition coefficient (Wildman–Crippen LogP) is 3.35. The number of carboxylic acid groups (broad SMARTS) is 2. The van der Waals surface area contributed by atoms with Crippen molar-refractivity contribution in [2.75, 3.05) is 65.9 Å². The molecule has 60 heavy (non-hydrogen) atoms. The lowest BCUT2D eigenvalue weighted by molar-refractivity contribution is -0.200. The third-order valence-corrected chi connectivity index (χ3v) is 9.37. The van der Waals surface area contributed by atoms with Gasteiger partial charge in [-0.15, -0.1) is 5.06 Å². The summed E-state index contributed by atoms with van der Waals surface area (Å²) in [6.07, 6.45) is 18.2. The molecule has 0 radical (unpaired) electrons. The maximum absolute atomic E-state index is 12.3. The number of rotatable bonds is 41. The second-order valence-electron chi connectivity index (χ2n) is 14.6. The quantitative estimate of drug-likeness (QED) is 0.0436. The molecule has 19 nitrogen and oxygen atoms in total. The number of ether oxygens (including phenoxy) is 4. The first-order valence-corrected chi connectivity index (χ1v) is 21.6. The number of hydroxylamine groups is 2. The number of hydrogen-bond donors (Lipinski definition) is 5. The molecule has 0 aromatic rings. The van der Waals surface area contributed by atoms with Crippen molar-refractivity contribution < 1.29 is 72.4 Å². The largest absolute Gasteiger partial charge is 0.481 e. The maximum atomic E-state index is 12.3. The van der Waals surface area contributed by atoms with Crippen LogP contribution in [0.15, 0.2) is 0 Å². The zero-order valence-electron chi connectivity index (χ0n) is 35.4. The Morgan fingerprint density at radius 2 is 0.950 bits per heavy atom. The van der Waals surface area contributed by atoms with Crippen LogP contribution < -0.4 is 16.0 Å². The van der Waals surface area contributed by atoms with E-state index in [0.717, 1.165) is 38.5 Å². The van der Waals surface area contributed by atoms with E-state index in [1.54, 1.807) is 0 Å². The fourth-order valence-corrected chi connectivity index (χ4v) is 6.05. The molecule has 1 saturated heterocycles. The van der Waals surface area contributed by atoms with Crippen LogP contribution in [-0.4, -0.2) is 135 Å². The maximum Gasteiger partial charge on any atom is 0.358 e. The van der Waals surface area contributed by atoms with E-state index < -0.39 is 42.4 Å². The van der Waals surface area contributed by atoms with Crippen LogP contribution in [0.4, 0.5) is 0 Å². The highest BCUT2D eigenvalue weighted by atomic mass is 16.7. The Bertz CT molecular complexity index is 1250. The van der Waals surface area contributed by atoms with Gasteiger partial charge in [-0.1, -0.05) is 89.9 Å². The summed E-state index contributed by atoms with van der Waals surface area (Å²) in [5.74, 6) is -4.99. The van der Waals surface area contributed by atoms with E-state index in [-0.39, 0.29) is 116 Å². The summed E-state index contributed by atoms with van der Waals surface area (Å²) in [6, 6.07) is -1.15. The molecule has 1 atom stereocenters. The van der Waals surface area contributed by atoms with E-state index in [2.05, 4.69) is 20.8 Å². The van der Waals surface area contributed by atoms with Crippen molar-refractivity contribution >= 4 is 47.4 Å². The van der Waals surface area contributed by atoms with Crippen molar-refractivity contribution in [2.24, 2.45) is 0 Å². The number of carbonyl (C=O) groups excluding carboxylic acids is 6. The van der Waals surface area contributed by atoms with Crippen molar-refractivity contribution in [3.05, 3.63) is 0 Å². The molecule has 19 heteroatoms. The second kappa shape index (κ2) is 36.6. The number of carbonyl (C=O) groups is 8. The minimum absolute atomic E-state index is 0.00237. The Kier molecular flexibility index (Phi) is 32.9. The molecule has 0 unspecified atom stereocenters. The molecular formula is C41H70N4O15. The van der Waals surface area contributed by atoms with Gasteiger partial charge in [0.2, 0.25) is 17.7 Å². The van der Waals surface area contributed by atoms with Crippen LogP contribution in [0.5, 0.6) is 0 Å². The molecular weight excluding hydrogens is 788 g/mol. The van der Waals surface area contributed by atoms with Crippen LogP contribution in [0.25, 0.3) is 0 Å². The normalized spacial score (nSPS) is 13.0. The zero-order chi connectivity index (χ0) is 44.1. The SMILES string of the molecule is O=C(O)CCCCCCCCCCCCCCCCCCC(=O)N[C@@H](CCC(=O)NCCOCCOCC(=O)NCCOCCOCC(=O)ON1C(=O)CCC1=O)C(=O)O. The van der Waals surface area contributed by atoms with Crippen molar-refractivity contribution in [2.45, 2.75) is 147 Å². The van der Waals surface area contributed by atoms with Crippen molar-refractivity contribution in [1.29, 1.82) is 0 Å². The van der Waals surface area contributed by atoms with Crippen molar-refractivity contribution in [3.63, 3.8) is 0 Å². The Labute approximate surface area is 353 Å². The highest BCUT2D eigenvalue weighted by Crippen LogP contribution is 2.15. The van der Waals surface area contributed by atoms with Gasteiger partial charge in [-0.25, -0.2) is 9.59 Å². The minimum atomic E-state index is -1.19. The number of imide groups is 1. The molecule has 5 N–H and O–H groups in total. The Hall–Kier alpha value is -4.20. The number of nitrogens with zero attached hydrogens (tertiary/aromatic N) is 1. The highest BCUT2D eigenvalue weighted by Gasteiger charge is 2.32. The number of hydrogen-bond acceptors (Lipinski definition) is 13. The van der Waals surface area contributed by atoms with Crippen LogP contribution in [0.1, 0.15) is 141 Å². The second-order valence-corrected chi connectivity index (χ2v) is 14.6. The molecule has 0 bridgehead atoms. The Balaban J connectivity index is 1.90. The average Bonchev–Trinajstić information content (AvgIpc) is 3.52. The van der Waals surface area contributed by atoms with Gasteiger partial charge >= 0.3 is 17.9 Å². The van der Waals surface area contributed by atoms with Gasteiger partial charge in [0.15, 0.2) is 0 Å². The molecule has 0 aliphatic carbocycles. The van der Waals surface area contributed by atoms with E-state index in [0.29, 0.717) is 11.5 Å². The first-order chi connectivity index (χ1) is 29.0. The summed E-state index contributed by atoms with van der Waals surface area (Å²) in [5.41, 5.74) is 0. The summed E-state index contributed by atoms with van der Waals surface area (Å²) in [7, 11) is 0. The van der Waals surface area contributed by atoms with Gasteiger partial charge in [0.05, 0.1) is 39.6 Å². The molecule has 344 valence electrons. The summed E-state index contributed by atoms with van der Waals surface area (Å²) in [4.78, 5) is 97.6. The lowest BCUT2D eigenvalue weighted by Crippen LogP contribution is -2.41. The number of aliphatic carboxylic acids is 2. The highest BCUT2D eigenvalue weighted by molar-refractivity contribution is 6.01. The lowest BCUT2D eigenvalue weighted by atomic mass is 10.0. The van der Waals surface area contributed by atoms with Gasteiger partial charge in [0.25, 0.3) is 11.8 Å². The van der Waals surface area contributed by atoms with Crippen molar-refractivity contribution in [3.8, 4) is 0 Å². The molecule has 1 aliphatic heterocycles. The van der Waals surface area contributed by atoms with Gasteiger partial charge in [0, 0.05) is 45.2 Å². The third-order valence-electron chi connectivity index (χ3n) is 9.37. The van der Waals surface area contributed by atoms with Crippen LogP contribution in [-0.2, 0) is 62.1 Å². The monoisotopic (exact) mass is 858 g/mol. The van der Waals surface area contributed by atoms with Crippen LogP contribution >= 0.6 is 0 Å². The van der Waals surface area contributed by atoms with E-state index >= 15 is 0 Å². The van der Waals surface area contributed by atoms with E-state index in [1.165, 1.54) is 57.8 Å². The van der Waals surface area contributed by atoms with Crippen LogP contribution in [0.2, 0.25) is 0 Å². The number of nitrogens with one attached hydrogen (secondary N) is 3. The van der Waals surface area contributed by atoms with Crippen molar-refractivity contribution in [1.82, 2.24) is 21.0 Å². The fraction of sp³-hybridized carbons (Fsp3) is 0.805. The predicted molar refractivity (Wildman–Crippen MR) is 216 cm³/mol. The van der Waals surface area contributed by atoms with Gasteiger partial charge in [0.1, 0.15) is 19.3 Å². The molecule has 5 amide bonds. The molecule has 1 rings (SSSR count). The van der Waals surface area contributed by atoms with Crippen LogP contribution in [0, 0.1) is 0 Å². The first-order valence-electron chi connectivity index (χ1n) is 21.6. The van der Waals surface area contributed by atoms with Gasteiger partial charge in [-0.05, 0) is 19.3 Å². The molecule has 1 fully saturated rings. The zero-order valence-corrected chi connectivity index (χ0v) is 35.4. The molecule has 0 aromatic heterocycles. The summed E-state index contributed by atoms with van der Waals surface area (Å²) in [5, 5.41) is 26.4. The Morgan fingerprint density at radius 3 is 1.43 bits per heavy atom. The minimum Gasteiger partial charge on any atom is -0.481 e. The third kappa shape index (κ3) is 31.7. The molecule has 1 aliphatic rings. The lowest BCUT2D eigenvalue weighted by Gasteiger charge is -2.14. The topological polar surface area (TPSA) is 262 Å². The summed E-state index contributed by atoms with van der Waals surface area (Å²) in [6.45, 7) is 0.627. The average molecular weight is 859 g/mol. The van der Waals surface area contributed by atoms with Crippen LogP contribution in [0.3, 0.4) is 0 Å². The molecule has 0 spiro atoms. The fourth-order valence-electron chi connectivity index (χ4n) is 6.05. The molecule has 1 heterocycles. The molecule has 0 aromatic carbocycles. The van der Waals surface area contributed by atoms with Gasteiger partial charge in [-0.2, -0.15) is 0 Å².